The van der Waals surface area contributed by atoms with E-state index in [1.54, 1.807) is 0 Å². The second kappa shape index (κ2) is 7.61. The van der Waals surface area contributed by atoms with Gasteiger partial charge in [-0.05, 0) is 42.7 Å². The van der Waals surface area contributed by atoms with E-state index in [0.717, 1.165) is 6.42 Å². The first-order valence-electron chi connectivity index (χ1n) is 8.33. The van der Waals surface area contributed by atoms with E-state index in [0.29, 0.717) is 13.0 Å². The maximum atomic E-state index is 9.08. The van der Waals surface area contributed by atoms with E-state index in [1.165, 1.54) is 0 Å². The fraction of sp³-hybridized carbons (Fsp3) is 0.941. The third-order valence-electron chi connectivity index (χ3n) is 5.30. The van der Waals surface area contributed by atoms with Crippen molar-refractivity contribution in [2.45, 2.75) is 96.8 Å². The first-order chi connectivity index (χ1) is 9.64. The van der Waals surface area contributed by atoms with Gasteiger partial charge in [0.25, 0.3) is 0 Å². The Hall–Kier alpha value is -0.156. The number of rotatable bonds is 7. The fourth-order valence-corrected chi connectivity index (χ4v) is 4.01. The Labute approximate surface area is 140 Å². The zero-order valence-corrected chi connectivity index (χ0v) is 18.5. The third kappa shape index (κ3) is 6.53. The quantitative estimate of drug-likeness (QED) is 0.557. The van der Waals surface area contributed by atoms with E-state index >= 15 is 0 Å². The van der Waals surface area contributed by atoms with Crippen molar-refractivity contribution in [3.8, 4) is 6.07 Å². The van der Waals surface area contributed by atoms with Crippen LogP contribution >= 0.6 is 0 Å². The van der Waals surface area contributed by atoms with Gasteiger partial charge in [-0.1, -0.05) is 41.5 Å². The molecule has 5 heteroatoms. The monoisotopic (exact) mass is 343 g/mol. The topological polar surface area (TPSA) is 42.2 Å². The van der Waals surface area contributed by atoms with Gasteiger partial charge in [-0.3, -0.25) is 0 Å². The predicted molar refractivity (Wildman–Crippen MR) is 100 cm³/mol. The van der Waals surface area contributed by atoms with Crippen LogP contribution in [0, 0.1) is 11.3 Å². The van der Waals surface area contributed by atoms with E-state index < -0.39 is 16.6 Å². The summed E-state index contributed by atoms with van der Waals surface area (Å²) in [7, 11) is -3.55. The molecule has 0 heterocycles. The third-order valence-corrected chi connectivity index (χ3v) is 14.4. The predicted octanol–water partition coefficient (Wildman–Crippen LogP) is 5.70. The second-order valence-corrected chi connectivity index (χ2v) is 18.8. The SMILES string of the molecule is CC(C)(C)[Si](C)(C)OCCC(CC#N)O[Si](C)(C)C(C)(C)C. The zero-order valence-electron chi connectivity index (χ0n) is 16.5. The summed E-state index contributed by atoms with van der Waals surface area (Å²) in [5, 5.41) is 9.47. The standard InChI is InChI=1S/C17H37NO2Si2/c1-16(2,3)21(7,8)19-14-12-15(11-13-18)20-22(9,10)17(4,5)6/h15H,11-12,14H2,1-10H3. The first-order valence-corrected chi connectivity index (χ1v) is 14.1. The Morgan fingerprint density at radius 1 is 0.909 bits per heavy atom. The molecule has 0 rings (SSSR count). The maximum absolute atomic E-state index is 9.08. The molecule has 3 nitrogen and oxygen atoms in total. The summed E-state index contributed by atoms with van der Waals surface area (Å²) >= 11 is 0. The van der Waals surface area contributed by atoms with Crippen molar-refractivity contribution in [3.63, 3.8) is 0 Å². The molecule has 1 atom stereocenters. The number of nitrogens with zero attached hydrogens (tertiary/aromatic N) is 1. The van der Waals surface area contributed by atoms with Gasteiger partial charge in [0, 0.05) is 6.61 Å². The lowest BCUT2D eigenvalue weighted by atomic mass is 10.2. The van der Waals surface area contributed by atoms with Gasteiger partial charge in [0.2, 0.25) is 0 Å². The minimum absolute atomic E-state index is 0.00402. The summed E-state index contributed by atoms with van der Waals surface area (Å²) in [4.78, 5) is 0. The van der Waals surface area contributed by atoms with Crippen LogP contribution in [0.2, 0.25) is 36.3 Å². The van der Waals surface area contributed by atoms with Crippen molar-refractivity contribution >= 4 is 16.6 Å². The molecule has 0 amide bonds. The summed E-state index contributed by atoms with van der Waals surface area (Å²) < 4.78 is 12.6. The Morgan fingerprint density at radius 3 is 1.73 bits per heavy atom. The van der Waals surface area contributed by atoms with E-state index in [2.05, 4.69) is 73.8 Å². The summed E-state index contributed by atoms with van der Waals surface area (Å²) in [5.74, 6) is 0. The molecule has 0 saturated heterocycles. The highest BCUT2D eigenvalue weighted by Crippen LogP contribution is 2.39. The minimum atomic E-state index is -1.83. The summed E-state index contributed by atoms with van der Waals surface area (Å²) in [6.07, 6.45) is 1.26. The zero-order chi connectivity index (χ0) is 17.8. The Morgan fingerprint density at radius 2 is 1.36 bits per heavy atom. The molecule has 0 aliphatic heterocycles. The average molecular weight is 344 g/mol. The van der Waals surface area contributed by atoms with E-state index in [1.807, 2.05) is 0 Å². The van der Waals surface area contributed by atoms with Gasteiger partial charge in [0.15, 0.2) is 16.6 Å². The van der Waals surface area contributed by atoms with Crippen molar-refractivity contribution in [1.82, 2.24) is 0 Å². The van der Waals surface area contributed by atoms with Gasteiger partial charge >= 0.3 is 0 Å². The fourth-order valence-electron chi connectivity index (χ4n) is 1.56. The van der Waals surface area contributed by atoms with Crippen LogP contribution in [0.4, 0.5) is 0 Å². The van der Waals surface area contributed by atoms with Crippen molar-refractivity contribution in [2.24, 2.45) is 0 Å². The summed E-state index contributed by atoms with van der Waals surface area (Å²) in [6.45, 7) is 23.1. The lowest BCUT2D eigenvalue weighted by Gasteiger charge is -2.40. The van der Waals surface area contributed by atoms with Crippen molar-refractivity contribution in [1.29, 1.82) is 5.26 Å². The highest BCUT2D eigenvalue weighted by Gasteiger charge is 2.40. The molecule has 0 aromatic rings. The summed E-state index contributed by atoms with van der Waals surface area (Å²) in [5.41, 5.74) is 0. The Bertz CT molecular complexity index is 387. The Kier molecular flexibility index (Phi) is 7.55. The lowest BCUT2D eigenvalue weighted by molar-refractivity contribution is 0.145. The first kappa shape index (κ1) is 21.8. The summed E-state index contributed by atoms with van der Waals surface area (Å²) in [6, 6.07) is 2.27. The van der Waals surface area contributed by atoms with E-state index in [9.17, 15) is 0 Å². The van der Waals surface area contributed by atoms with Crippen LogP contribution in [0.1, 0.15) is 54.4 Å². The molecule has 0 aliphatic rings. The number of hydrogen-bond acceptors (Lipinski definition) is 3. The van der Waals surface area contributed by atoms with Gasteiger partial charge in [-0.2, -0.15) is 5.26 Å². The molecule has 0 radical (unpaired) electrons. The van der Waals surface area contributed by atoms with Gasteiger partial charge in [0.05, 0.1) is 18.6 Å². The smallest absolute Gasteiger partial charge is 0.192 e. The molecule has 0 fully saturated rings. The normalized spacial score (nSPS) is 15.5. The minimum Gasteiger partial charge on any atom is -0.417 e. The van der Waals surface area contributed by atoms with Crippen LogP contribution in [-0.4, -0.2) is 29.3 Å². The molecule has 0 aromatic carbocycles. The molecule has 1 unspecified atom stereocenters. The highest BCUT2D eigenvalue weighted by molar-refractivity contribution is 6.74. The van der Waals surface area contributed by atoms with Gasteiger partial charge < -0.3 is 8.85 Å². The Balaban J connectivity index is 4.67. The largest absolute Gasteiger partial charge is 0.417 e. The van der Waals surface area contributed by atoms with Crippen LogP contribution in [0.25, 0.3) is 0 Å². The van der Waals surface area contributed by atoms with Crippen LogP contribution in [0.3, 0.4) is 0 Å². The van der Waals surface area contributed by atoms with Crippen LogP contribution in [0.5, 0.6) is 0 Å². The van der Waals surface area contributed by atoms with Crippen molar-refractivity contribution < 1.29 is 8.85 Å². The molecule has 0 bridgehead atoms. The van der Waals surface area contributed by atoms with Crippen LogP contribution in [0.15, 0.2) is 0 Å². The van der Waals surface area contributed by atoms with Gasteiger partial charge in [0.1, 0.15) is 0 Å². The molecular formula is C17H37NO2Si2. The molecule has 0 spiro atoms. The van der Waals surface area contributed by atoms with E-state index in [-0.39, 0.29) is 16.2 Å². The lowest BCUT2D eigenvalue weighted by Crippen LogP contribution is -2.45. The average Bonchev–Trinajstić information content (AvgIpc) is 2.25. The molecule has 0 saturated carbocycles. The highest BCUT2D eigenvalue weighted by atomic mass is 28.4. The van der Waals surface area contributed by atoms with Crippen LogP contribution < -0.4 is 0 Å². The van der Waals surface area contributed by atoms with E-state index in [4.69, 9.17) is 14.1 Å². The molecule has 130 valence electrons. The molecule has 22 heavy (non-hydrogen) atoms. The molecule has 0 N–H and O–H groups in total. The maximum Gasteiger partial charge on any atom is 0.192 e. The van der Waals surface area contributed by atoms with Crippen molar-refractivity contribution in [2.75, 3.05) is 6.61 Å². The van der Waals surface area contributed by atoms with Gasteiger partial charge in [-0.15, -0.1) is 0 Å². The van der Waals surface area contributed by atoms with Crippen molar-refractivity contribution in [3.05, 3.63) is 0 Å². The molecule has 0 aliphatic carbocycles. The number of hydrogen-bond donors (Lipinski definition) is 0. The van der Waals surface area contributed by atoms with Crippen LogP contribution in [-0.2, 0) is 8.85 Å². The molecule has 0 aromatic heterocycles. The number of nitriles is 1. The second-order valence-electron chi connectivity index (χ2n) is 9.26. The van der Waals surface area contributed by atoms with Gasteiger partial charge in [-0.25, -0.2) is 0 Å². The molecular weight excluding hydrogens is 306 g/mol.